The van der Waals surface area contributed by atoms with Crippen LogP contribution in [-0.4, -0.2) is 19.4 Å². The van der Waals surface area contributed by atoms with Crippen molar-refractivity contribution in [1.82, 2.24) is 19.4 Å². The molecule has 0 radical (unpaired) electrons. The van der Waals surface area contributed by atoms with Crippen LogP contribution in [0.5, 0.6) is 0 Å². The summed E-state index contributed by atoms with van der Waals surface area (Å²) in [5.41, 5.74) is 0.907. The SMILES string of the molecule is CCCCCCC(CCCC)c1ncc2ncncn12. The fourth-order valence-corrected chi connectivity index (χ4v) is 2.74. The van der Waals surface area contributed by atoms with Gasteiger partial charge in [-0.2, -0.15) is 0 Å². The fraction of sp³-hybridized carbons (Fsp3) is 0.688. The molecule has 110 valence electrons. The first kappa shape index (κ1) is 14.9. The Hall–Kier alpha value is -1.45. The molecule has 4 nitrogen and oxygen atoms in total. The van der Waals surface area contributed by atoms with E-state index in [0.717, 1.165) is 11.5 Å². The van der Waals surface area contributed by atoms with Crippen molar-refractivity contribution in [2.75, 3.05) is 0 Å². The van der Waals surface area contributed by atoms with E-state index in [0.29, 0.717) is 5.92 Å². The zero-order valence-electron chi connectivity index (χ0n) is 12.8. The highest BCUT2D eigenvalue weighted by molar-refractivity contribution is 5.35. The zero-order valence-corrected chi connectivity index (χ0v) is 12.8. The predicted octanol–water partition coefficient (Wildman–Crippen LogP) is 4.37. The number of imidazole rings is 1. The number of hydrogen-bond donors (Lipinski definition) is 0. The first-order valence-corrected chi connectivity index (χ1v) is 7.99. The molecule has 1 atom stereocenters. The van der Waals surface area contributed by atoms with E-state index in [1.807, 2.05) is 12.5 Å². The largest absolute Gasteiger partial charge is 0.271 e. The molecule has 0 spiro atoms. The molecule has 0 saturated carbocycles. The topological polar surface area (TPSA) is 43.1 Å². The van der Waals surface area contributed by atoms with Crippen LogP contribution >= 0.6 is 0 Å². The van der Waals surface area contributed by atoms with Gasteiger partial charge in [-0.25, -0.2) is 15.0 Å². The molecule has 0 N–H and O–H groups in total. The molecule has 0 fully saturated rings. The lowest BCUT2D eigenvalue weighted by Crippen LogP contribution is -2.06. The molecular formula is C16H26N4. The molecule has 20 heavy (non-hydrogen) atoms. The lowest BCUT2D eigenvalue weighted by molar-refractivity contribution is 0.488. The van der Waals surface area contributed by atoms with Gasteiger partial charge in [0.1, 0.15) is 18.5 Å². The molecule has 2 aromatic rings. The van der Waals surface area contributed by atoms with Crippen molar-refractivity contribution >= 4 is 5.65 Å². The quantitative estimate of drug-likeness (QED) is 0.638. The van der Waals surface area contributed by atoms with Gasteiger partial charge >= 0.3 is 0 Å². The van der Waals surface area contributed by atoms with Crippen LogP contribution in [0.2, 0.25) is 0 Å². The van der Waals surface area contributed by atoms with E-state index in [-0.39, 0.29) is 0 Å². The molecule has 2 heterocycles. The Morgan fingerprint density at radius 3 is 2.60 bits per heavy atom. The zero-order chi connectivity index (χ0) is 14.2. The van der Waals surface area contributed by atoms with Crippen LogP contribution in [0.1, 0.15) is 77.0 Å². The molecule has 1 unspecified atom stereocenters. The molecule has 0 saturated heterocycles. The average Bonchev–Trinajstić information content (AvgIpc) is 2.91. The van der Waals surface area contributed by atoms with Crippen molar-refractivity contribution in [3.8, 4) is 0 Å². The van der Waals surface area contributed by atoms with Crippen molar-refractivity contribution in [3.63, 3.8) is 0 Å². The molecule has 4 heteroatoms. The van der Waals surface area contributed by atoms with Gasteiger partial charge in [0.25, 0.3) is 0 Å². The summed E-state index contributed by atoms with van der Waals surface area (Å²) >= 11 is 0. The minimum absolute atomic E-state index is 0.542. The Kier molecular flexibility index (Phi) is 5.96. The number of hydrogen-bond acceptors (Lipinski definition) is 3. The molecule has 0 aliphatic carbocycles. The van der Waals surface area contributed by atoms with Gasteiger partial charge < -0.3 is 0 Å². The van der Waals surface area contributed by atoms with Gasteiger partial charge in [0.15, 0.2) is 5.65 Å². The maximum atomic E-state index is 4.61. The van der Waals surface area contributed by atoms with E-state index in [1.165, 1.54) is 51.4 Å². The maximum Gasteiger partial charge on any atom is 0.159 e. The van der Waals surface area contributed by atoms with E-state index < -0.39 is 0 Å². The Balaban J connectivity index is 2.08. The van der Waals surface area contributed by atoms with Gasteiger partial charge in [-0.05, 0) is 12.8 Å². The van der Waals surface area contributed by atoms with Crippen LogP contribution in [0.4, 0.5) is 0 Å². The molecule has 0 bridgehead atoms. The standard InChI is InChI=1S/C16H26N4/c1-3-5-7-8-10-14(9-6-4-2)16-18-11-15-19-12-17-13-20(15)16/h11-14H,3-10H2,1-2H3. The molecular weight excluding hydrogens is 248 g/mol. The second kappa shape index (κ2) is 7.98. The highest BCUT2D eigenvalue weighted by Crippen LogP contribution is 2.27. The van der Waals surface area contributed by atoms with Crippen LogP contribution in [-0.2, 0) is 0 Å². The van der Waals surface area contributed by atoms with Crippen molar-refractivity contribution in [1.29, 1.82) is 0 Å². The Labute approximate surface area is 121 Å². The highest BCUT2D eigenvalue weighted by Gasteiger charge is 2.16. The third kappa shape index (κ3) is 3.78. The summed E-state index contributed by atoms with van der Waals surface area (Å²) in [5.74, 6) is 1.69. The van der Waals surface area contributed by atoms with Gasteiger partial charge in [-0.15, -0.1) is 0 Å². The van der Waals surface area contributed by atoms with E-state index in [9.17, 15) is 0 Å². The Morgan fingerprint density at radius 1 is 1.00 bits per heavy atom. The summed E-state index contributed by atoms with van der Waals surface area (Å²) in [6.07, 6.45) is 15.5. The fourth-order valence-electron chi connectivity index (χ4n) is 2.74. The highest BCUT2D eigenvalue weighted by atomic mass is 15.1. The van der Waals surface area contributed by atoms with Gasteiger partial charge in [0.2, 0.25) is 0 Å². The van der Waals surface area contributed by atoms with Crippen LogP contribution in [0.25, 0.3) is 5.65 Å². The maximum absolute atomic E-state index is 4.61. The Morgan fingerprint density at radius 2 is 1.80 bits per heavy atom. The minimum Gasteiger partial charge on any atom is -0.271 e. The van der Waals surface area contributed by atoms with Crippen LogP contribution in [0.3, 0.4) is 0 Å². The van der Waals surface area contributed by atoms with Gasteiger partial charge in [-0.3, -0.25) is 4.40 Å². The van der Waals surface area contributed by atoms with E-state index >= 15 is 0 Å². The summed E-state index contributed by atoms with van der Waals surface area (Å²) in [6, 6.07) is 0. The lowest BCUT2D eigenvalue weighted by atomic mass is 9.94. The van der Waals surface area contributed by atoms with E-state index in [2.05, 4.69) is 33.2 Å². The van der Waals surface area contributed by atoms with E-state index in [1.54, 1.807) is 6.33 Å². The van der Waals surface area contributed by atoms with Crippen LogP contribution in [0.15, 0.2) is 18.9 Å². The molecule has 2 rings (SSSR count). The normalized spacial score (nSPS) is 12.9. The number of fused-ring (bicyclic) bond motifs is 1. The van der Waals surface area contributed by atoms with Crippen LogP contribution in [0, 0.1) is 0 Å². The monoisotopic (exact) mass is 274 g/mol. The smallest absolute Gasteiger partial charge is 0.159 e. The molecule has 0 aliphatic heterocycles. The number of unbranched alkanes of at least 4 members (excludes halogenated alkanes) is 4. The molecule has 2 aromatic heterocycles. The van der Waals surface area contributed by atoms with Gasteiger partial charge in [0.05, 0.1) is 6.20 Å². The van der Waals surface area contributed by atoms with Crippen LogP contribution < -0.4 is 0 Å². The van der Waals surface area contributed by atoms with Crippen molar-refractivity contribution in [2.45, 2.75) is 71.1 Å². The first-order valence-electron chi connectivity index (χ1n) is 7.99. The molecule has 0 aromatic carbocycles. The second-order valence-corrected chi connectivity index (χ2v) is 5.54. The predicted molar refractivity (Wildman–Crippen MR) is 81.8 cm³/mol. The minimum atomic E-state index is 0.542. The molecule has 0 aliphatic rings. The first-order chi connectivity index (χ1) is 9.86. The number of rotatable bonds is 9. The third-order valence-corrected chi connectivity index (χ3v) is 3.92. The average molecular weight is 274 g/mol. The molecule has 0 amide bonds. The summed E-state index contributed by atoms with van der Waals surface area (Å²) in [4.78, 5) is 13.0. The van der Waals surface area contributed by atoms with Gasteiger partial charge in [-0.1, -0.05) is 52.4 Å². The summed E-state index contributed by atoms with van der Waals surface area (Å²) in [6.45, 7) is 4.51. The van der Waals surface area contributed by atoms with Crippen molar-refractivity contribution in [3.05, 3.63) is 24.7 Å². The van der Waals surface area contributed by atoms with Gasteiger partial charge in [0, 0.05) is 5.92 Å². The van der Waals surface area contributed by atoms with Crippen molar-refractivity contribution in [2.24, 2.45) is 0 Å². The van der Waals surface area contributed by atoms with Crippen molar-refractivity contribution < 1.29 is 0 Å². The number of nitrogens with zero attached hydrogens (tertiary/aromatic N) is 4. The summed E-state index contributed by atoms with van der Waals surface area (Å²) in [7, 11) is 0. The number of aromatic nitrogens is 4. The second-order valence-electron chi connectivity index (χ2n) is 5.54. The summed E-state index contributed by atoms with van der Waals surface area (Å²) in [5, 5.41) is 0. The Bertz CT molecular complexity index is 506. The lowest BCUT2D eigenvalue weighted by Gasteiger charge is -2.15. The summed E-state index contributed by atoms with van der Waals surface area (Å²) < 4.78 is 2.06. The third-order valence-electron chi connectivity index (χ3n) is 3.92. The van der Waals surface area contributed by atoms with E-state index in [4.69, 9.17) is 0 Å².